The maximum Gasteiger partial charge on any atom is 0.449 e. The Morgan fingerprint density at radius 1 is 1.14 bits per heavy atom. The summed E-state index contributed by atoms with van der Waals surface area (Å²) in [7, 11) is 0. The zero-order valence-electron chi connectivity index (χ0n) is 11.3. The van der Waals surface area contributed by atoms with Gasteiger partial charge in [-0.2, -0.15) is 13.2 Å². The van der Waals surface area contributed by atoms with E-state index in [0.29, 0.717) is 21.8 Å². The molecule has 1 heterocycles. The molecule has 2 aromatic rings. The number of rotatable bonds is 5. The average molecular weight is 333 g/mol. The number of ketones is 1. The lowest BCUT2D eigenvalue weighted by Gasteiger charge is -2.05. The van der Waals surface area contributed by atoms with Gasteiger partial charge >= 0.3 is 6.18 Å². The molecule has 4 nitrogen and oxygen atoms in total. The lowest BCUT2D eigenvalue weighted by Crippen LogP contribution is -2.22. The summed E-state index contributed by atoms with van der Waals surface area (Å²) in [6, 6.07) is 6.65. The van der Waals surface area contributed by atoms with Gasteiger partial charge in [0, 0.05) is 17.0 Å². The maximum atomic E-state index is 12.1. The number of alkyl halides is 3. The Morgan fingerprint density at radius 2 is 1.77 bits per heavy atom. The highest BCUT2D eigenvalue weighted by molar-refractivity contribution is 6.30. The van der Waals surface area contributed by atoms with Crippen LogP contribution in [-0.2, 0) is 11.2 Å². The molecule has 0 aliphatic carbocycles. The standard InChI is InChI=1S/C14H12ClF3N2O2/c15-9-6-4-8(5-7-9)12-10(13(22)20-19-12)2-1-3-11(21)14(16,17)18/h4-7H,1-3H2,(H2,19,20,22). The number of Topliss-reactive ketones (excluding diaryl/α,β-unsaturated/α-hetero) is 1. The van der Waals surface area contributed by atoms with E-state index in [-0.39, 0.29) is 12.8 Å². The minimum atomic E-state index is -4.83. The largest absolute Gasteiger partial charge is 0.449 e. The number of hydrogen-bond donors (Lipinski definition) is 2. The first kappa shape index (κ1) is 16.4. The van der Waals surface area contributed by atoms with Crippen LogP contribution in [-0.4, -0.2) is 22.2 Å². The molecule has 22 heavy (non-hydrogen) atoms. The van der Waals surface area contributed by atoms with Crippen LogP contribution in [0.5, 0.6) is 0 Å². The molecule has 0 spiro atoms. The highest BCUT2D eigenvalue weighted by Crippen LogP contribution is 2.23. The summed E-state index contributed by atoms with van der Waals surface area (Å²) in [6.45, 7) is 0. The predicted molar refractivity (Wildman–Crippen MR) is 75.9 cm³/mol. The second-order valence-electron chi connectivity index (χ2n) is 4.71. The second-order valence-corrected chi connectivity index (χ2v) is 5.15. The Morgan fingerprint density at radius 3 is 2.36 bits per heavy atom. The van der Waals surface area contributed by atoms with E-state index in [1.54, 1.807) is 24.3 Å². The third-order valence-electron chi connectivity index (χ3n) is 3.16. The number of carbonyl (C=O) groups is 1. The number of H-pyrrole nitrogens is 2. The summed E-state index contributed by atoms with van der Waals surface area (Å²) in [5, 5.41) is 5.62. The van der Waals surface area contributed by atoms with Crippen molar-refractivity contribution in [2.24, 2.45) is 0 Å². The van der Waals surface area contributed by atoms with Crippen molar-refractivity contribution in [1.29, 1.82) is 0 Å². The quantitative estimate of drug-likeness (QED) is 0.880. The molecule has 0 aliphatic heterocycles. The normalized spacial score (nSPS) is 11.6. The number of benzene rings is 1. The van der Waals surface area contributed by atoms with Gasteiger partial charge in [0.1, 0.15) is 0 Å². The van der Waals surface area contributed by atoms with Crippen LogP contribution in [0.15, 0.2) is 29.1 Å². The molecule has 1 aromatic carbocycles. The minimum Gasteiger partial charge on any atom is -0.297 e. The van der Waals surface area contributed by atoms with E-state index in [2.05, 4.69) is 10.2 Å². The fraction of sp³-hybridized carbons (Fsp3) is 0.286. The van der Waals surface area contributed by atoms with E-state index in [0.717, 1.165) is 0 Å². The number of aromatic nitrogens is 2. The van der Waals surface area contributed by atoms with Crippen LogP contribution in [0.3, 0.4) is 0 Å². The fourth-order valence-electron chi connectivity index (χ4n) is 2.05. The van der Waals surface area contributed by atoms with E-state index in [9.17, 15) is 22.8 Å². The molecule has 0 bridgehead atoms. The fourth-order valence-corrected chi connectivity index (χ4v) is 2.18. The van der Waals surface area contributed by atoms with Gasteiger partial charge in [-0.1, -0.05) is 23.7 Å². The minimum absolute atomic E-state index is 0.0557. The number of hydrogen-bond acceptors (Lipinski definition) is 2. The smallest absolute Gasteiger partial charge is 0.297 e. The lowest BCUT2D eigenvalue weighted by atomic mass is 10.0. The van der Waals surface area contributed by atoms with Crippen LogP contribution in [0.2, 0.25) is 5.02 Å². The number of halogens is 4. The van der Waals surface area contributed by atoms with Gasteiger partial charge in [0.2, 0.25) is 5.78 Å². The topological polar surface area (TPSA) is 65.7 Å². The van der Waals surface area contributed by atoms with Crippen LogP contribution in [0, 0.1) is 0 Å². The van der Waals surface area contributed by atoms with Crippen molar-refractivity contribution in [2.75, 3.05) is 0 Å². The third kappa shape index (κ3) is 3.79. The third-order valence-corrected chi connectivity index (χ3v) is 3.41. The lowest BCUT2D eigenvalue weighted by molar-refractivity contribution is -0.171. The molecule has 0 fully saturated rings. The van der Waals surface area contributed by atoms with E-state index in [1.165, 1.54) is 0 Å². The van der Waals surface area contributed by atoms with Crippen LogP contribution >= 0.6 is 11.6 Å². The highest BCUT2D eigenvalue weighted by Gasteiger charge is 2.37. The van der Waals surface area contributed by atoms with Gasteiger partial charge in [-0.25, -0.2) is 0 Å². The molecule has 0 amide bonds. The average Bonchev–Trinajstić information content (AvgIpc) is 2.80. The monoisotopic (exact) mass is 332 g/mol. The molecular weight excluding hydrogens is 321 g/mol. The zero-order valence-corrected chi connectivity index (χ0v) is 12.0. The van der Waals surface area contributed by atoms with Crippen molar-refractivity contribution in [2.45, 2.75) is 25.4 Å². The molecular formula is C14H12ClF3N2O2. The number of aromatic amines is 2. The van der Waals surface area contributed by atoms with Crippen LogP contribution in [0.4, 0.5) is 13.2 Å². The van der Waals surface area contributed by atoms with Crippen molar-refractivity contribution < 1.29 is 18.0 Å². The highest BCUT2D eigenvalue weighted by atomic mass is 35.5. The Labute approximate surface area is 128 Å². The molecule has 1 aromatic heterocycles. The molecule has 2 N–H and O–H groups in total. The molecule has 118 valence electrons. The van der Waals surface area contributed by atoms with E-state index < -0.39 is 23.9 Å². The Hall–Kier alpha value is -2.02. The van der Waals surface area contributed by atoms with E-state index >= 15 is 0 Å². The summed E-state index contributed by atoms with van der Waals surface area (Å²) in [4.78, 5) is 22.6. The van der Waals surface area contributed by atoms with Crippen molar-refractivity contribution in [3.8, 4) is 11.3 Å². The van der Waals surface area contributed by atoms with Crippen molar-refractivity contribution in [3.63, 3.8) is 0 Å². The van der Waals surface area contributed by atoms with Crippen molar-refractivity contribution in [3.05, 3.63) is 45.2 Å². The predicted octanol–water partition coefficient (Wildman–Crippen LogP) is 3.48. The van der Waals surface area contributed by atoms with Gasteiger partial charge in [0.05, 0.1) is 5.69 Å². The molecule has 0 unspecified atom stereocenters. The van der Waals surface area contributed by atoms with Gasteiger partial charge in [-0.15, -0.1) is 0 Å². The first-order chi connectivity index (χ1) is 10.3. The molecule has 0 radical (unpaired) electrons. The van der Waals surface area contributed by atoms with E-state index in [4.69, 9.17) is 11.6 Å². The summed E-state index contributed by atoms with van der Waals surface area (Å²) in [5.41, 5.74) is 1.07. The molecule has 2 rings (SSSR count). The number of nitrogens with one attached hydrogen (secondary N) is 2. The number of carbonyl (C=O) groups excluding carboxylic acids is 1. The van der Waals surface area contributed by atoms with Gasteiger partial charge in [0.25, 0.3) is 5.56 Å². The summed E-state index contributed by atoms with van der Waals surface area (Å²) < 4.78 is 36.4. The first-order valence-corrected chi connectivity index (χ1v) is 6.82. The van der Waals surface area contributed by atoms with Crippen LogP contribution in [0.25, 0.3) is 11.3 Å². The van der Waals surface area contributed by atoms with E-state index in [1.807, 2.05) is 0 Å². The summed E-state index contributed by atoms with van der Waals surface area (Å²) in [5.74, 6) is -1.78. The maximum absolute atomic E-state index is 12.1. The van der Waals surface area contributed by atoms with Crippen LogP contribution in [0.1, 0.15) is 18.4 Å². The first-order valence-electron chi connectivity index (χ1n) is 6.44. The summed E-state index contributed by atoms with van der Waals surface area (Å²) in [6.07, 6.45) is -5.46. The van der Waals surface area contributed by atoms with Gasteiger partial charge in [0.15, 0.2) is 0 Å². The van der Waals surface area contributed by atoms with Crippen LogP contribution < -0.4 is 5.56 Å². The molecule has 0 aliphatic rings. The van der Waals surface area contributed by atoms with Crippen molar-refractivity contribution in [1.82, 2.24) is 10.2 Å². The molecule has 0 saturated heterocycles. The Bertz CT molecular complexity index is 717. The van der Waals surface area contributed by atoms with Crippen molar-refractivity contribution >= 4 is 17.4 Å². The second kappa shape index (κ2) is 6.39. The SMILES string of the molecule is O=C(CCCc1c(-c2ccc(Cl)cc2)[nH][nH]c1=O)C(F)(F)F. The van der Waals surface area contributed by atoms with Gasteiger partial charge in [-0.05, 0) is 30.5 Å². The zero-order chi connectivity index (χ0) is 16.3. The molecule has 8 heteroatoms. The van der Waals surface area contributed by atoms with Gasteiger partial charge in [-0.3, -0.25) is 19.8 Å². The summed E-state index contributed by atoms with van der Waals surface area (Å²) >= 11 is 5.78. The Balaban J connectivity index is 2.12. The molecule has 0 atom stereocenters. The molecule has 0 saturated carbocycles. The Kier molecular flexibility index (Phi) is 4.75. The van der Waals surface area contributed by atoms with Gasteiger partial charge < -0.3 is 0 Å².